The van der Waals surface area contributed by atoms with Gasteiger partial charge >= 0.3 is 5.97 Å². The monoisotopic (exact) mass is 702 g/mol. The van der Waals surface area contributed by atoms with Crippen molar-refractivity contribution in [1.82, 2.24) is 26.6 Å². The number of aliphatic carboxylic acids is 1. The van der Waals surface area contributed by atoms with Crippen molar-refractivity contribution >= 4 is 35.5 Å². The fourth-order valence-corrected chi connectivity index (χ4v) is 5.33. The molecule has 0 unspecified atom stereocenters. The van der Waals surface area contributed by atoms with Crippen LogP contribution in [0.25, 0.3) is 0 Å². The SMILES string of the molecule is CC(C)C[C@H](NC(=O)[C@H](Cc1ccc(O)cc1)NC(=O)[C@@H]1C/C=C/[C@@H](N)C(=O)N[C@@H](CCCCN)C(=O)N[C@@H](CCCCN)C(=O)N1)C(=O)O. The lowest BCUT2D eigenvalue weighted by molar-refractivity contribution is -0.142. The van der Waals surface area contributed by atoms with Gasteiger partial charge in [0.1, 0.15) is 42.0 Å². The first-order valence-electron chi connectivity index (χ1n) is 17.1. The number of benzene rings is 1. The maximum absolute atomic E-state index is 13.8. The first-order valence-corrected chi connectivity index (χ1v) is 17.1. The van der Waals surface area contributed by atoms with Crippen molar-refractivity contribution < 1.29 is 39.0 Å². The number of carboxylic acid groups (broad SMARTS) is 1. The summed E-state index contributed by atoms with van der Waals surface area (Å²) in [5, 5.41) is 32.6. The quantitative estimate of drug-likeness (QED) is 0.0697. The predicted octanol–water partition coefficient (Wildman–Crippen LogP) is -0.965. The Bertz CT molecular complexity index is 1320. The number of carbonyl (C=O) groups excluding carboxylic acids is 5. The number of phenolic OH excluding ortho intramolecular Hbond substituents is 1. The minimum Gasteiger partial charge on any atom is -0.508 e. The van der Waals surface area contributed by atoms with Gasteiger partial charge in [0, 0.05) is 6.42 Å². The highest BCUT2D eigenvalue weighted by Gasteiger charge is 2.33. The van der Waals surface area contributed by atoms with Gasteiger partial charge in [-0.15, -0.1) is 0 Å². The van der Waals surface area contributed by atoms with Gasteiger partial charge in [-0.3, -0.25) is 24.0 Å². The summed E-state index contributed by atoms with van der Waals surface area (Å²) in [6, 6.07) is -1.11. The summed E-state index contributed by atoms with van der Waals surface area (Å²) in [7, 11) is 0. The molecule has 13 N–H and O–H groups in total. The van der Waals surface area contributed by atoms with Crippen LogP contribution in [0.5, 0.6) is 5.75 Å². The fraction of sp³-hybridized carbons (Fsp3) is 0.588. The number of aromatic hydroxyl groups is 1. The number of hydrogen-bond acceptors (Lipinski definition) is 10. The molecular weight excluding hydrogens is 648 g/mol. The van der Waals surface area contributed by atoms with E-state index in [-0.39, 0.29) is 43.8 Å². The van der Waals surface area contributed by atoms with Crippen LogP contribution in [0.2, 0.25) is 0 Å². The zero-order valence-corrected chi connectivity index (χ0v) is 28.9. The number of carboxylic acids is 1. The molecule has 16 nitrogen and oxygen atoms in total. The van der Waals surface area contributed by atoms with E-state index in [1.54, 1.807) is 12.1 Å². The topological polar surface area (TPSA) is 281 Å². The van der Waals surface area contributed by atoms with E-state index in [0.717, 1.165) is 0 Å². The second-order valence-corrected chi connectivity index (χ2v) is 12.9. The minimum absolute atomic E-state index is 0.0120. The van der Waals surface area contributed by atoms with Crippen molar-refractivity contribution in [1.29, 1.82) is 0 Å². The molecule has 1 aliphatic heterocycles. The van der Waals surface area contributed by atoms with Crippen LogP contribution in [0.3, 0.4) is 0 Å². The van der Waals surface area contributed by atoms with Gasteiger partial charge in [-0.1, -0.05) is 38.1 Å². The maximum atomic E-state index is 13.8. The van der Waals surface area contributed by atoms with Gasteiger partial charge in [-0.2, -0.15) is 0 Å². The van der Waals surface area contributed by atoms with Crippen molar-refractivity contribution in [2.24, 2.45) is 23.1 Å². The molecule has 0 spiro atoms. The first-order chi connectivity index (χ1) is 23.7. The molecule has 5 amide bonds. The van der Waals surface area contributed by atoms with E-state index in [2.05, 4.69) is 26.6 Å². The molecule has 0 saturated carbocycles. The number of unbranched alkanes of at least 4 members (excludes halogenated alkanes) is 2. The van der Waals surface area contributed by atoms with Gasteiger partial charge in [-0.25, -0.2) is 4.79 Å². The van der Waals surface area contributed by atoms with Crippen molar-refractivity contribution in [3.63, 3.8) is 0 Å². The third-order valence-corrected chi connectivity index (χ3v) is 8.14. The van der Waals surface area contributed by atoms with E-state index in [1.165, 1.54) is 24.3 Å². The first kappa shape index (κ1) is 41.6. The van der Waals surface area contributed by atoms with E-state index < -0.39 is 71.8 Å². The molecule has 1 aliphatic rings. The highest BCUT2D eigenvalue weighted by molar-refractivity contribution is 5.96. The molecule has 6 atom stereocenters. The van der Waals surface area contributed by atoms with Gasteiger partial charge in [0.05, 0.1) is 0 Å². The third kappa shape index (κ3) is 14.5. The summed E-state index contributed by atoms with van der Waals surface area (Å²) in [6.07, 6.45) is 5.39. The summed E-state index contributed by atoms with van der Waals surface area (Å²) in [5.74, 6) is -4.75. The van der Waals surface area contributed by atoms with Crippen LogP contribution in [0, 0.1) is 5.92 Å². The number of phenols is 1. The van der Waals surface area contributed by atoms with Gasteiger partial charge < -0.3 is 54.0 Å². The van der Waals surface area contributed by atoms with Crippen molar-refractivity contribution in [2.75, 3.05) is 13.1 Å². The number of carbonyl (C=O) groups is 6. The van der Waals surface area contributed by atoms with Gasteiger partial charge in [0.25, 0.3) is 0 Å². The molecule has 278 valence electrons. The molecule has 0 bridgehead atoms. The molecule has 0 radical (unpaired) electrons. The van der Waals surface area contributed by atoms with Crippen LogP contribution in [-0.4, -0.2) is 95.1 Å². The van der Waals surface area contributed by atoms with Crippen LogP contribution in [0.15, 0.2) is 36.4 Å². The van der Waals surface area contributed by atoms with E-state index in [4.69, 9.17) is 17.2 Å². The average molecular weight is 703 g/mol. The molecular formula is C34H54N8O8. The van der Waals surface area contributed by atoms with E-state index >= 15 is 0 Å². The third-order valence-electron chi connectivity index (χ3n) is 8.14. The fourth-order valence-electron chi connectivity index (χ4n) is 5.33. The Hall–Kier alpha value is -4.54. The smallest absolute Gasteiger partial charge is 0.326 e. The van der Waals surface area contributed by atoms with Gasteiger partial charge in [-0.05, 0) is 88.1 Å². The lowest BCUT2D eigenvalue weighted by Gasteiger charge is -2.27. The van der Waals surface area contributed by atoms with Crippen LogP contribution in [-0.2, 0) is 35.2 Å². The van der Waals surface area contributed by atoms with Crippen LogP contribution in [0.1, 0.15) is 70.8 Å². The van der Waals surface area contributed by atoms with Crippen LogP contribution >= 0.6 is 0 Å². The Labute approximate surface area is 292 Å². The second kappa shape index (κ2) is 21.5. The molecule has 2 rings (SSSR count). The number of rotatable bonds is 17. The molecule has 0 aliphatic carbocycles. The van der Waals surface area contributed by atoms with Crippen molar-refractivity contribution in [3.8, 4) is 5.75 Å². The van der Waals surface area contributed by atoms with Gasteiger partial charge in [0.15, 0.2) is 0 Å². The van der Waals surface area contributed by atoms with Crippen molar-refractivity contribution in [3.05, 3.63) is 42.0 Å². The molecule has 50 heavy (non-hydrogen) atoms. The number of nitrogens with two attached hydrogens (primary N) is 3. The number of amides is 5. The van der Waals surface area contributed by atoms with Crippen molar-refractivity contribution in [2.45, 2.75) is 108 Å². The Morgan fingerprint density at radius 3 is 1.94 bits per heavy atom. The Kier molecular flexibility index (Phi) is 17.9. The Morgan fingerprint density at radius 2 is 1.40 bits per heavy atom. The zero-order chi connectivity index (χ0) is 37.2. The normalized spacial score (nSPS) is 22.0. The summed E-state index contributed by atoms with van der Waals surface area (Å²) < 4.78 is 0. The standard InChI is InChI=1S/C34H54N8O8/c1-20(2)18-28(34(49)50)42-33(48)27(19-21-12-14-22(43)15-13-21)41-32(47)26-11-7-8-23(37)29(44)38-24(9-3-5-16-35)30(45)39-25(31(46)40-26)10-4-6-17-36/h7-8,12-15,20,23-28,43H,3-6,9-11,16-19,35-37H2,1-2H3,(H,38,44)(H,39,45)(H,40,46)(H,41,47)(H,42,48)(H,49,50)/b8-7+/t23-,24+,25+,26+,27+,28+/m1/s1. The maximum Gasteiger partial charge on any atom is 0.326 e. The average Bonchev–Trinajstić information content (AvgIpc) is 3.06. The molecule has 0 fully saturated rings. The van der Waals surface area contributed by atoms with Crippen LogP contribution in [0.4, 0.5) is 0 Å². The minimum atomic E-state index is -1.29. The van der Waals surface area contributed by atoms with E-state index in [0.29, 0.717) is 44.3 Å². The molecule has 0 aromatic heterocycles. The van der Waals surface area contributed by atoms with Crippen LogP contribution < -0.4 is 43.8 Å². The summed E-state index contributed by atoms with van der Waals surface area (Å²) >= 11 is 0. The molecule has 1 heterocycles. The molecule has 1 aromatic rings. The lowest BCUT2D eigenvalue weighted by atomic mass is 10.0. The second-order valence-electron chi connectivity index (χ2n) is 12.9. The predicted molar refractivity (Wildman–Crippen MR) is 186 cm³/mol. The van der Waals surface area contributed by atoms with Gasteiger partial charge in [0.2, 0.25) is 29.5 Å². The van der Waals surface area contributed by atoms with E-state index in [1.807, 2.05) is 13.8 Å². The molecule has 16 heteroatoms. The number of hydrogen-bond donors (Lipinski definition) is 10. The van der Waals surface area contributed by atoms with E-state index in [9.17, 15) is 39.0 Å². The zero-order valence-electron chi connectivity index (χ0n) is 28.9. The lowest BCUT2D eigenvalue weighted by Crippen LogP contribution is -2.59. The summed E-state index contributed by atoms with van der Waals surface area (Å²) in [6.45, 7) is 4.37. The Balaban J connectivity index is 2.42. The Morgan fingerprint density at radius 1 is 0.840 bits per heavy atom. The summed E-state index contributed by atoms with van der Waals surface area (Å²) in [4.78, 5) is 79.3. The summed E-state index contributed by atoms with van der Waals surface area (Å²) in [5.41, 5.74) is 17.9. The molecule has 0 saturated heterocycles. The number of nitrogens with one attached hydrogen (secondary N) is 5. The highest BCUT2D eigenvalue weighted by atomic mass is 16.4. The highest BCUT2D eigenvalue weighted by Crippen LogP contribution is 2.14. The molecule has 1 aromatic carbocycles. The largest absolute Gasteiger partial charge is 0.508 e.